The lowest BCUT2D eigenvalue weighted by atomic mass is 10.8. The van der Waals surface area contributed by atoms with E-state index in [2.05, 4.69) is 11.3 Å². The average molecular weight is 117 g/mol. The van der Waals surface area contributed by atoms with Gasteiger partial charge in [-0.1, -0.05) is 6.58 Å². The third-order valence-corrected chi connectivity index (χ3v) is 0.858. The van der Waals surface area contributed by atoms with Gasteiger partial charge in [-0.2, -0.15) is 0 Å². The highest BCUT2D eigenvalue weighted by molar-refractivity contribution is 8.00. The molecule has 0 saturated heterocycles. The van der Waals surface area contributed by atoms with Crippen LogP contribution in [0, 0.1) is 0 Å². The predicted molar refractivity (Wildman–Crippen MR) is 31.6 cm³/mol. The Bertz CT molecular complexity index is 81.8. The van der Waals surface area contributed by atoms with E-state index in [9.17, 15) is 4.79 Å². The molecule has 1 N–H and O–H groups in total. The van der Waals surface area contributed by atoms with Gasteiger partial charge < -0.3 is 0 Å². The number of hydrogen-bond acceptors (Lipinski definition) is 2. The van der Waals surface area contributed by atoms with Crippen LogP contribution < -0.4 is 4.72 Å². The molecule has 1 amide bonds. The number of hydrogen-bond donors (Lipinski definition) is 1. The fraction of sp³-hybridized carbons (Fsp3) is 0.250. The molecule has 0 fully saturated rings. The van der Waals surface area contributed by atoms with E-state index >= 15 is 0 Å². The van der Waals surface area contributed by atoms with Gasteiger partial charge in [0, 0.05) is 6.92 Å². The summed E-state index contributed by atoms with van der Waals surface area (Å²) in [4.78, 5) is 10.0. The van der Waals surface area contributed by atoms with Crippen LogP contribution in [0.4, 0.5) is 0 Å². The molecule has 0 aliphatic heterocycles. The summed E-state index contributed by atoms with van der Waals surface area (Å²) in [6, 6.07) is 0. The van der Waals surface area contributed by atoms with Crippen LogP contribution in [0.2, 0.25) is 0 Å². The van der Waals surface area contributed by atoms with Gasteiger partial charge in [0.1, 0.15) is 0 Å². The molecule has 0 spiro atoms. The first-order chi connectivity index (χ1) is 3.27. The highest BCUT2D eigenvalue weighted by atomic mass is 32.2. The Kier molecular flexibility index (Phi) is 3.50. The Morgan fingerprint density at radius 1 is 2.00 bits per heavy atom. The molecule has 0 radical (unpaired) electrons. The minimum Gasteiger partial charge on any atom is -0.297 e. The molecule has 0 saturated carbocycles. The van der Waals surface area contributed by atoms with Crippen molar-refractivity contribution in [1.82, 2.24) is 4.72 Å². The van der Waals surface area contributed by atoms with E-state index in [4.69, 9.17) is 0 Å². The van der Waals surface area contributed by atoms with E-state index in [1.54, 1.807) is 5.41 Å². The van der Waals surface area contributed by atoms with Gasteiger partial charge in [0.05, 0.1) is 0 Å². The molecule has 3 heteroatoms. The fourth-order valence-electron chi connectivity index (χ4n) is 0.125. The van der Waals surface area contributed by atoms with E-state index in [1.165, 1.54) is 18.9 Å². The zero-order chi connectivity index (χ0) is 5.70. The molecular formula is C4H7NOS. The molecule has 0 aromatic carbocycles. The van der Waals surface area contributed by atoms with Crippen LogP contribution in [0.15, 0.2) is 12.0 Å². The molecule has 0 aromatic heterocycles. The maximum absolute atomic E-state index is 10.0. The summed E-state index contributed by atoms with van der Waals surface area (Å²) in [5.74, 6) is -0.0510. The van der Waals surface area contributed by atoms with Crippen molar-refractivity contribution >= 4 is 17.9 Å². The van der Waals surface area contributed by atoms with Crippen molar-refractivity contribution in [1.29, 1.82) is 0 Å². The SMILES string of the molecule is C=CSNC(C)=O. The Balaban J connectivity index is 2.97. The minimum absolute atomic E-state index is 0.0510. The highest BCUT2D eigenvalue weighted by Crippen LogP contribution is 1.89. The van der Waals surface area contributed by atoms with Crippen LogP contribution in [-0.2, 0) is 4.79 Å². The molecule has 0 atom stereocenters. The number of carbonyl (C=O) groups is 1. The maximum Gasteiger partial charge on any atom is 0.226 e. The molecule has 0 heterocycles. The van der Waals surface area contributed by atoms with Crippen LogP contribution in [0.3, 0.4) is 0 Å². The number of nitrogens with one attached hydrogen (secondary N) is 1. The Hall–Kier alpha value is -0.440. The van der Waals surface area contributed by atoms with Gasteiger partial charge in [-0.15, -0.1) is 0 Å². The Morgan fingerprint density at radius 3 is 2.71 bits per heavy atom. The second-order valence-corrected chi connectivity index (χ2v) is 1.72. The molecule has 0 rings (SSSR count). The third kappa shape index (κ3) is 5.56. The molecule has 0 unspecified atom stereocenters. The quantitative estimate of drug-likeness (QED) is 0.545. The van der Waals surface area contributed by atoms with E-state index in [0.29, 0.717) is 0 Å². The smallest absolute Gasteiger partial charge is 0.226 e. The molecule has 0 aliphatic rings. The van der Waals surface area contributed by atoms with Crippen LogP contribution in [0.1, 0.15) is 6.92 Å². The van der Waals surface area contributed by atoms with Crippen molar-refractivity contribution in [3.8, 4) is 0 Å². The summed E-state index contributed by atoms with van der Waals surface area (Å²) in [7, 11) is 0. The number of amides is 1. The van der Waals surface area contributed by atoms with Crippen molar-refractivity contribution in [2.24, 2.45) is 0 Å². The van der Waals surface area contributed by atoms with Crippen molar-refractivity contribution in [2.75, 3.05) is 0 Å². The molecule has 0 bridgehead atoms. The highest BCUT2D eigenvalue weighted by Gasteiger charge is 1.81. The second kappa shape index (κ2) is 3.74. The van der Waals surface area contributed by atoms with Crippen LogP contribution in [0.25, 0.3) is 0 Å². The van der Waals surface area contributed by atoms with Gasteiger partial charge in [0.2, 0.25) is 5.91 Å². The lowest BCUT2D eigenvalue weighted by Gasteiger charge is -1.89. The molecule has 0 aliphatic carbocycles. The van der Waals surface area contributed by atoms with E-state index in [-0.39, 0.29) is 5.91 Å². The zero-order valence-electron chi connectivity index (χ0n) is 4.10. The molecule has 0 aromatic rings. The first-order valence-electron chi connectivity index (χ1n) is 1.80. The summed E-state index contributed by atoms with van der Waals surface area (Å²) in [5, 5.41) is 1.56. The summed E-state index contributed by atoms with van der Waals surface area (Å²) in [5.41, 5.74) is 0. The van der Waals surface area contributed by atoms with Gasteiger partial charge >= 0.3 is 0 Å². The zero-order valence-corrected chi connectivity index (χ0v) is 4.92. The van der Waals surface area contributed by atoms with Crippen LogP contribution in [0.5, 0.6) is 0 Å². The second-order valence-electron chi connectivity index (χ2n) is 0.943. The van der Waals surface area contributed by atoms with Crippen LogP contribution in [-0.4, -0.2) is 5.91 Å². The predicted octanol–water partition coefficient (Wildman–Crippen LogP) is 0.914. The van der Waals surface area contributed by atoms with Gasteiger partial charge in [-0.3, -0.25) is 9.52 Å². The summed E-state index contributed by atoms with van der Waals surface area (Å²) in [6.45, 7) is 4.84. The van der Waals surface area contributed by atoms with E-state index < -0.39 is 0 Å². The molecular weight excluding hydrogens is 110 g/mol. The molecule has 40 valence electrons. The Morgan fingerprint density at radius 2 is 2.57 bits per heavy atom. The monoisotopic (exact) mass is 117 g/mol. The summed E-state index contributed by atoms with van der Waals surface area (Å²) >= 11 is 1.18. The molecule has 7 heavy (non-hydrogen) atoms. The fourth-order valence-corrected chi connectivity index (χ4v) is 0.374. The number of rotatable bonds is 2. The summed E-state index contributed by atoms with van der Waals surface area (Å²) < 4.78 is 2.45. The summed E-state index contributed by atoms with van der Waals surface area (Å²) in [6.07, 6.45) is 0. The topological polar surface area (TPSA) is 29.1 Å². The third-order valence-electron chi connectivity index (χ3n) is 0.286. The van der Waals surface area contributed by atoms with E-state index in [0.717, 1.165) is 0 Å². The first kappa shape index (κ1) is 6.56. The Labute approximate surface area is 47.1 Å². The largest absolute Gasteiger partial charge is 0.297 e. The lowest BCUT2D eigenvalue weighted by molar-refractivity contribution is -0.117. The van der Waals surface area contributed by atoms with Gasteiger partial charge in [0.15, 0.2) is 0 Å². The molecule has 2 nitrogen and oxygen atoms in total. The normalized spacial score (nSPS) is 7.57. The van der Waals surface area contributed by atoms with Crippen molar-refractivity contribution in [3.63, 3.8) is 0 Å². The van der Waals surface area contributed by atoms with Gasteiger partial charge in [0.25, 0.3) is 0 Å². The minimum atomic E-state index is -0.0510. The van der Waals surface area contributed by atoms with Crippen LogP contribution >= 0.6 is 11.9 Å². The van der Waals surface area contributed by atoms with Crippen molar-refractivity contribution in [3.05, 3.63) is 12.0 Å². The number of carbonyl (C=O) groups excluding carboxylic acids is 1. The first-order valence-corrected chi connectivity index (χ1v) is 2.68. The van der Waals surface area contributed by atoms with Gasteiger partial charge in [-0.05, 0) is 17.4 Å². The maximum atomic E-state index is 10.0. The lowest BCUT2D eigenvalue weighted by Crippen LogP contribution is -2.08. The average Bonchev–Trinajstić information content (AvgIpc) is 1.61. The standard InChI is InChI=1S/C4H7NOS/c1-3-7-5-4(2)6/h3H,1H2,2H3,(H,5,6). The van der Waals surface area contributed by atoms with E-state index in [1.807, 2.05) is 0 Å². The van der Waals surface area contributed by atoms with Crippen molar-refractivity contribution in [2.45, 2.75) is 6.92 Å². The van der Waals surface area contributed by atoms with Crippen molar-refractivity contribution < 1.29 is 4.79 Å². The van der Waals surface area contributed by atoms with Gasteiger partial charge in [-0.25, -0.2) is 0 Å².